The average molecular weight is 412 g/mol. The highest BCUT2D eigenvalue weighted by atomic mass is 16.6. The van der Waals surface area contributed by atoms with Gasteiger partial charge in [0.15, 0.2) is 6.10 Å². The Kier molecular flexibility index (Phi) is 6.20. The summed E-state index contributed by atoms with van der Waals surface area (Å²) in [4.78, 5) is 35.4. The standard InChI is InChI=1S/C21H24N4O5/c1-12-5-4-6-19(13(12)2)30-14(3)20(26)23-24-21(27)15-7-10-17(22-16-8-9-16)18(11-15)25(28)29/h4-7,10-11,14,16,22H,8-9H2,1-3H3,(H,23,26)(H,24,27)/t14-/m0/s1. The molecule has 3 rings (SSSR count). The lowest BCUT2D eigenvalue weighted by molar-refractivity contribution is -0.384. The topological polar surface area (TPSA) is 123 Å². The van der Waals surface area contributed by atoms with Crippen LogP contribution in [0.2, 0.25) is 0 Å². The number of anilines is 1. The molecular weight excluding hydrogens is 388 g/mol. The minimum absolute atomic E-state index is 0.0615. The molecule has 0 spiro atoms. The molecule has 0 heterocycles. The van der Waals surface area contributed by atoms with E-state index in [1.54, 1.807) is 13.0 Å². The Morgan fingerprint density at radius 2 is 1.90 bits per heavy atom. The van der Waals surface area contributed by atoms with Crippen molar-refractivity contribution in [3.63, 3.8) is 0 Å². The van der Waals surface area contributed by atoms with Crippen LogP contribution in [-0.4, -0.2) is 28.9 Å². The van der Waals surface area contributed by atoms with Gasteiger partial charge in [0, 0.05) is 17.7 Å². The van der Waals surface area contributed by atoms with Gasteiger partial charge in [0.1, 0.15) is 11.4 Å². The predicted molar refractivity (Wildman–Crippen MR) is 111 cm³/mol. The zero-order valence-electron chi connectivity index (χ0n) is 17.0. The number of ether oxygens (including phenoxy) is 1. The van der Waals surface area contributed by atoms with Crippen LogP contribution in [0.1, 0.15) is 41.3 Å². The van der Waals surface area contributed by atoms with E-state index in [0.29, 0.717) is 11.4 Å². The number of carbonyl (C=O) groups is 2. The first kappa shape index (κ1) is 21.1. The van der Waals surface area contributed by atoms with Gasteiger partial charge < -0.3 is 10.1 Å². The molecule has 1 aliphatic carbocycles. The van der Waals surface area contributed by atoms with Crippen molar-refractivity contribution in [2.24, 2.45) is 0 Å². The lowest BCUT2D eigenvalue weighted by Crippen LogP contribution is -2.47. The highest BCUT2D eigenvalue weighted by Crippen LogP contribution is 2.31. The fourth-order valence-corrected chi connectivity index (χ4v) is 2.78. The molecule has 9 nitrogen and oxygen atoms in total. The number of amides is 2. The van der Waals surface area contributed by atoms with Crippen molar-refractivity contribution >= 4 is 23.2 Å². The van der Waals surface area contributed by atoms with E-state index in [1.807, 2.05) is 26.0 Å². The number of nitro groups is 1. The largest absolute Gasteiger partial charge is 0.481 e. The van der Waals surface area contributed by atoms with Gasteiger partial charge in [0.05, 0.1) is 4.92 Å². The molecule has 30 heavy (non-hydrogen) atoms. The fourth-order valence-electron chi connectivity index (χ4n) is 2.78. The molecule has 2 aromatic rings. The molecule has 0 bridgehead atoms. The number of rotatable bonds is 7. The average Bonchev–Trinajstić information content (AvgIpc) is 3.53. The summed E-state index contributed by atoms with van der Waals surface area (Å²) in [6.45, 7) is 5.40. The van der Waals surface area contributed by atoms with Crippen LogP contribution in [-0.2, 0) is 4.79 Å². The molecule has 2 aromatic carbocycles. The van der Waals surface area contributed by atoms with Gasteiger partial charge >= 0.3 is 0 Å². The summed E-state index contributed by atoms with van der Waals surface area (Å²) in [7, 11) is 0. The second-order valence-corrected chi connectivity index (χ2v) is 7.31. The third-order valence-corrected chi connectivity index (χ3v) is 4.92. The molecule has 0 aromatic heterocycles. The van der Waals surface area contributed by atoms with E-state index in [0.717, 1.165) is 24.0 Å². The van der Waals surface area contributed by atoms with E-state index < -0.39 is 22.8 Å². The molecule has 3 N–H and O–H groups in total. The molecule has 1 aliphatic rings. The SMILES string of the molecule is Cc1cccc(O[C@@H](C)C(=O)NNC(=O)c2ccc(NC3CC3)c([N+](=O)[O-])c2)c1C. The van der Waals surface area contributed by atoms with Crippen LogP contribution in [0.15, 0.2) is 36.4 Å². The van der Waals surface area contributed by atoms with Gasteiger partial charge in [0.2, 0.25) is 0 Å². The molecule has 2 amide bonds. The summed E-state index contributed by atoms with van der Waals surface area (Å²) < 4.78 is 5.67. The van der Waals surface area contributed by atoms with Crippen molar-refractivity contribution < 1.29 is 19.2 Å². The zero-order valence-corrected chi connectivity index (χ0v) is 17.0. The Bertz CT molecular complexity index is 987. The van der Waals surface area contributed by atoms with E-state index in [4.69, 9.17) is 4.74 Å². The minimum atomic E-state index is -0.856. The van der Waals surface area contributed by atoms with Crippen molar-refractivity contribution in [1.29, 1.82) is 0 Å². The Balaban J connectivity index is 1.60. The van der Waals surface area contributed by atoms with E-state index in [-0.39, 0.29) is 17.3 Å². The van der Waals surface area contributed by atoms with Gasteiger partial charge in [-0.15, -0.1) is 0 Å². The molecule has 1 fully saturated rings. The number of nitrogens with one attached hydrogen (secondary N) is 3. The number of aryl methyl sites for hydroxylation is 1. The highest BCUT2D eigenvalue weighted by Gasteiger charge is 2.26. The molecule has 9 heteroatoms. The number of hydrazine groups is 1. The van der Waals surface area contributed by atoms with Gasteiger partial charge in [-0.2, -0.15) is 0 Å². The minimum Gasteiger partial charge on any atom is -0.481 e. The first-order chi connectivity index (χ1) is 14.3. The summed E-state index contributed by atoms with van der Waals surface area (Å²) >= 11 is 0. The van der Waals surface area contributed by atoms with Crippen molar-refractivity contribution in [1.82, 2.24) is 10.9 Å². The summed E-state index contributed by atoms with van der Waals surface area (Å²) in [5.41, 5.74) is 6.77. The third-order valence-electron chi connectivity index (χ3n) is 4.92. The van der Waals surface area contributed by atoms with E-state index in [1.165, 1.54) is 18.2 Å². The Labute approximate surface area is 173 Å². The number of benzene rings is 2. The maximum Gasteiger partial charge on any atom is 0.293 e. The van der Waals surface area contributed by atoms with Crippen molar-refractivity contribution in [2.75, 3.05) is 5.32 Å². The smallest absolute Gasteiger partial charge is 0.293 e. The summed E-state index contributed by atoms with van der Waals surface area (Å²) in [6.07, 6.45) is 1.08. The maximum atomic E-state index is 12.3. The van der Waals surface area contributed by atoms with E-state index >= 15 is 0 Å². The number of hydrogen-bond acceptors (Lipinski definition) is 6. The number of carbonyl (C=O) groups excluding carboxylic acids is 2. The van der Waals surface area contributed by atoms with Crippen LogP contribution in [0, 0.1) is 24.0 Å². The van der Waals surface area contributed by atoms with Crippen LogP contribution in [0.5, 0.6) is 5.75 Å². The molecule has 0 aliphatic heterocycles. The molecule has 158 valence electrons. The van der Waals surface area contributed by atoms with Crippen LogP contribution >= 0.6 is 0 Å². The Morgan fingerprint density at radius 1 is 1.17 bits per heavy atom. The molecule has 0 radical (unpaired) electrons. The van der Waals surface area contributed by atoms with Crippen LogP contribution in [0.4, 0.5) is 11.4 Å². The lowest BCUT2D eigenvalue weighted by Gasteiger charge is -2.17. The van der Waals surface area contributed by atoms with Gasteiger partial charge in [-0.3, -0.25) is 30.6 Å². The lowest BCUT2D eigenvalue weighted by atomic mass is 10.1. The van der Waals surface area contributed by atoms with Gasteiger partial charge in [-0.25, -0.2) is 0 Å². The second-order valence-electron chi connectivity index (χ2n) is 7.31. The van der Waals surface area contributed by atoms with Crippen LogP contribution in [0.25, 0.3) is 0 Å². The number of hydrogen-bond donors (Lipinski definition) is 3. The van der Waals surface area contributed by atoms with Gasteiger partial charge in [-0.1, -0.05) is 12.1 Å². The zero-order chi connectivity index (χ0) is 21.8. The monoisotopic (exact) mass is 412 g/mol. The quantitative estimate of drug-likeness (QED) is 0.475. The van der Waals surface area contributed by atoms with Crippen molar-refractivity contribution in [3.05, 3.63) is 63.2 Å². The van der Waals surface area contributed by atoms with Crippen LogP contribution in [0.3, 0.4) is 0 Å². The van der Waals surface area contributed by atoms with E-state index in [2.05, 4.69) is 16.2 Å². The third kappa shape index (κ3) is 5.05. The van der Waals surface area contributed by atoms with Gasteiger partial charge in [-0.05, 0) is 62.9 Å². The van der Waals surface area contributed by atoms with Gasteiger partial charge in [0.25, 0.3) is 17.5 Å². The second kappa shape index (κ2) is 8.81. The Morgan fingerprint density at radius 3 is 2.57 bits per heavy atom. The first-order valence-electron chi connectivity index (χ1n) is 9.64. The van der Waals surface area contributed by atoms with E-state index in [9.17, 15) is 19.7 Å². The first-order valence-corrected chi connectivity index (χ1v) is 9.64. The number of nitrogens with zero attached hydrogens (tertiary/aromatic N) is 1. The van der Waals surface area contributed by atoms with Crippen LogP contribution < -0.4 is 20.9 Å². The molecule has 0 unspecified atom stereocenters. The molecule has 0 saturated heterocycles. The highest BCUT2D eigenvalue weighted by molar-refractivity contribution is 5.97. The molecule has 1 saturated carbocycles. The molecule has 1 atom stereocenters. The fraction of sp³-hybridized carbons (Fsp3) is 0.333. The summed E-state index contributed by atoms with van der Waals surface area (Å²) in [5, 5.41) is 14.4. The predicted octanol–water partition coefficient (Wildman–Crippen LogP) is 3.01. The number of nitro benzene ring substituents is 1. The molecular formula is C21H24N4O5. The van der Waals surface area contributed by atoms with Crippen molar-refractivity contribution in [2.45, 2.75) is 45.8 Å². The normalized spacial score (nSPS) is 13.8. The Hall–Kier alpha value is -3.62. The van der Waals surface area contributed by atoms with Crippen molar-refractivity contribution in [3.8, 4) is 5.75 Å². The maximum absolute atomic E-state index is 12.3. The summed E-state index contributed by atoms with van der Waals surface area (Å²) in [5.74, 6) is -0.632. The summed E-state index contributed by atoms with van der Waals surface area (Å²) in [6, 6.07) is 9.93.